The standard InChI is InChI=1S/C16H19N5O2/c22-8-10-23-9-6-18-16-13-3-1-2-4-14(13)19-15(20-16)11-21-7-5-17-12-21/h1-5,7,12,22H,6,8-11H2,(H,18,19,20). The number of para-hydroxylation sites is 1. The van der Waals surface area contributed by atoms with Crippen LogP contribution in [0.3, 0.4) is 0 Å². The van der Waals surface area contributed by atoms with Gasteiger partial charge in [-0.1, -0.05) is 12.1 Å². The minimum atomic E-state index is 0.0332. The number of nitrogens with zero attached hydrogens (tertiary/aromatic N) is 4. The monoisotopic (exact) mass is 313 g/mol. The number of anilines is 1. The van der Waals surface area contributed by atoms with E-state index in [9.17, 15) is 0 Å². The maximum atomic E-state index is 8.71. The van der Waals surface area contributed by atoms with Crippen LogP contribution < -0.4 is 5.32 Å². The Labute approximate surface area is 134 Å². The molecule has 2 N–H and O–H groups in total. The molecule has 23 heavy (non-hydrogen) atoms. The Morgan fingerprint density at radius 1 is 1.17 bits per heavy atom. The van der Waals surface area contributed by atoms with E-state index in [-0.39, 0.29) is 6.61 Å². The molecule has 0 atom stereocenters. The highest BCUT2D eigenvalue weighted by molar-refractivity contribution is 5.88. The van der Waals surface area contributed by atoms with Gasteiger partial charge in [-0.15, -0.1) is 0 Å². The Morgan fingerprint density at radius 3 is 2.91 bits per heavy atom. The fourth-order valence-corrected chi connectivity index (χ4v) is 2.28. The first-order chi connectivity index (χ1) is 11.4. The summed E-state index contributed by atoms with van der Waals surface area (Å²) < 4.78 is 7.19. The molecule has 2 aromatic heterocycles. The molecule has 0 bridgehead atoms. The molecule has 120 valence electrons. The molecule has 0 radical (unpaired) electrons. The average molecular weight is 313 g/mol. The van der Waals surface area contributed by atoms with Gasteiger partial charge in [-0.25, -0.2) is 15.0 Å². The molecule has 1 aromatic carbocycles. The van der Waals surface area contributed by atoms with Crippen LogP contribution in [0.4, 0.5) is 5.82 Å². The summed E-state index contributed by atoms with van der Waals surface area (Å²) in [4.78, 5) is 13.3. The van der Waals surface area contributed by atoms with Crippen molar-refractivity contribution in [2.75, 3.05) is 31.7 Å². The van der Waals surface area contributed by atoms with Crippen molar-refractivity contribution in [3.8, 4) is 0 Å². The fourth-order valence-electron chi connectivity index (χ4n) is 2.28. The van der Waals surface area contributed by atoms with E-state index in [0.29, 0.717) is 26.3 Å². The van der Waals surface area contributed by atoms with E-state index in [0.717, 1.165) is 22.5 Å². The van der Waals surface area contributed by atoms with Gasteiger partial charge in [-0.2, -0.15) is 0 Å². The predicted octanol–water partition coefficient (Wildman–Crippen LogP) is 1.30. The first kappa shape index (κ1) is 15.4. The summed E-state index contributed by atoms with van der Waals surface area (Å²) >= 11 is 0. The summed E-state index contributed by atoms with van der Waals surface area (Å²) in [5, 5.41) is 13.0. The van der Waals surface area contributed by atoms with Gasteiger partial charge in [0.2, 0.25) is 0 Å². The number of aliphatic hydroxyl groups is 1. The van der Waals surface area contributed by atoms with Crippen molar-refractivity contribution >= 4 is 16.7 Å². The van der Waals surface area contributed by atoms with E-state index in [1.54, 1.807) is 12.5 Å². The van der Waals surface area contributed by atoms with E-state index >= 15 is 0 Å². The molecule has 7 heteroatoms. The minimum absolute atomic E-state index is 0.0332. The van der Waals surface area contributed by atoms with Crippen molar-refractivity contribution < 1.29 is 9.84 Å². The maximum Gasteiger partial charge on any atom is 0.151 e. The molecule has 3 aromatic rings. The lowest BCUT2D eigenvalue weighted by Crippen LogP contribution is -2.14. The number of imidazole rings is 1. The highest BCUT2D eigenvalue weighted by Crippen LogP contribution is 2.20. The second kappa shape index (κ2) is 7.66. The lowest BCUT2D eigenvalue weighted by Gasteiger charge is -2.11. The van der Waals surface area contributed by atoms with Crippen molar-refractivity contribution in [3.63, 3.8) is 0 Å². The molecule has 0 saturated carbocycles. The minimum Gasteiger partial charge on any atom is -0.394 e. The molecule has 0 fully saturated rings. The molecule has 3 rings (SSSR count). The van der Waals surface area contributed by atoms with Crippen molar-refractivity contribution in [1.29, 1.82) is 0 Å². The molecular weight excluding hydrogens is 294 g/mol. The zero-order valence-corrected chi connectivity index (χ0v) is 12.7. The second-order valence-electron chi connectivity index (χ2n) is 5.00. The third-order valence-corrected chi connectivity index (χ3v) is 3.31. The largest absolute Gasteiger partial charge is 0.394 e. The van der Waals surface area contributed by atoms with Crippen LogP contribution in [0, 0.1) is 0 Å². The topological polar surface area (TPSA) is 85.1 Å². The quantitative estimate of drug-likeness (QED) is 0.610. The Kier molecular flexibility index (Phi) is 5.13. The van der Waals surface area contributed by atoms with E-state index in [1.807, 2.05) is 35.0 Å². The Balaban J connectivity index is 1.79. The lowest BCUT2D eigenvalue weighted by molar-refractivity contribution is 0.0992. The van der Waals surface area contributed by atoms with E-state index in [1.165, 1.54) is 0 Å². The summed E-state index contributed by atoms with van der Waals surface area (Å²) in [5.41, 5.74) is 0.899. The molecule has 7 nitrogen and oxygen atoms in total. The van der Waals surface area contributed by atoms with Crippen LogP contribution in [-0.4, -0.2) is 51.0 Å². The molecule has 2 heterocycles. The number of benzene rings is 1. The predicted molar refractivity (Wildman–Crippen MR) is 87.3 cm³/mol. The molecule has 0 saturated heterocycles. The van der Waals surface area contributed by atoms with Gasteiger partial charge in [0.05, 0.1) is 38.2 Å². The number of nitrogens with one attached hydrogen (secondary N) is 1. The highest BCUT2D eigenvalue weighted by Gasteiger charge is 2.07. The summed E-state index contributed by atoms with van der Waals surface area (Å²) in [5.74, 6) is 1.51. The van der Waals surface area contributed by atoms with Gasteiger partial charge >= 0.3 is 0 Å². The molecular formula is C16H19N5O2. The smallest absolute Gasteiger partial charge is 0.151 e. The number of aromatic nitrogens is 4. The zero-order chi connectivity index (χ0) is 15.9. The third-order valence-electron chi connectivity index (χ3n) is 3.31. The van der Waals surface area contributed by atoms with Crippen LogP contribution in [0.5, 0.6) is 0 Å². The van der Waals surface area contributed by atoms with E-state index in [2.05, 4.69) is 20.3 Å². The van der Waals surface area contributed by atoms with Crippen LogP contribution in [0.15, 0.2) is 43.0 Å². The van der Waals surface area contributed by atoms with Crippen molar-refractivity contribution in [2.24, 2.45) is 0 Å². The first-order valence-electron chi connectivity index (χ1n) is 7.50. The summed E-state index contributed by atoms with van der Waals surface area (Å²) in [6, 6.07) is 7.90. The molecule has 0 aliphatic rings. The number of hydrogen-bond acceptors (Lipinski definition) is 6. The molecule has 0 unspecified atom stereocenters. The number of aliphatic hydroxyl groups excluding tert-OH is 1. The van der Waals surface area contributed by atoms with Gasteiger partial charge in [0.25, 0.3) is 0 Å². The normalized spacial score (nSPS) is 11.0. The first-order valence-corrected chi connectivity index (χ1v) is 7.50. The number of rotatable bonds is 8. The molecule has 0 aliphatic heterocycles. The number of ether oxygens (including phenoxy) is 1. The van der Waals surface area contributed by atoms with Crippen LogP contribution in [-0.2, 0) is 11.3 Å². The van der Waals surface area contributed by atoms with Gasteiger partial charge in [-0.05, 0) is 12.1 Å². The molecule has 0 amide bonds. The fraction of sp³-hybridized carbons (Fsp3) is 0.312. The van der Waals surface area contributed by atoms with Gasteiger partial charge < -0.3 is 19.7 Å². The number of fused-ring (bicyclic) bond motifs is 1. The zero-order valence-electron chi connectivity index (χ0n) is 12.7. The van der Waals surface area contributed by atoms with Crippen LogP contribution in [0.2, 0.25) is 0 Å². The highest BCUT2D eigenvalue weighted by atomic mass is 16.5. The SMILES string of the molecule is OCCOCCNc1nc(Cn2ccnc2)nc2ccccc12. The third kappa shape index (κ3) is 4.02. The average Bonchev–Trinajstić information content (AvgIpc) is 3.07. The summed E-state index contributed by atoms with van der Waals surface area (Å²) in [6.45, 7) is 2.07. The Bertz CT molecular complexity index is 745. The summed E-state index contributed by atoms with van der Waals surface area (Å²) in [6.07, 6.45) is 5.36. The van der Waals surface area contributed by atoms with Crippen molar-refractivity contribution in [2.45, 2.75) is 6.54 Å². The number of hydrogen-bond donors (Lipinski definition) is 2. The van der Waals surface area contributed by atoms with Gasteiger partial charge in [0, 0.05) is 24.3 Å². The van der Waals surface area contributed by atoms with Gasteiger partial charge in [-0.3, -0.25) is 0 Å². The summed E-state index contributed by atoms with van der Waals surface area (Å²) in [7, 11) is 0. The molecule has 0 spiro atoms. The van der Waals surface area contributed by atoms with Crippen LogP contribution >= 0.6 is 0 Å². The van der Waals surface area contributed by atoms with Gasteiger partial charge in [0.15, 0.2) is 5.82 Å². The maximum absolute atomic E-state index is 8.71. The van der Waals surface area contributed by atoms with E-state index in [4.69, 9.17) is 9.84 Å². The van der Waals surface area contributed by atoms with Crippen LogP contribution in [0.1, 0.15) is 5.82 Å². The van der Waals surface area contributed by atoms with Crippen molar-refractivity contribution in [3.05, 3.63) is 48.8 Å². The van der Waals surface area contributed by atoms with Crippen molar-refractivity contribution in [1.82, 2.24) is 19.5 Å². The van der Waals surface area contributed by atoms with E-state index < -0.39 is 0 Å². The molecule has 0 aliphatic carbocycles. The Morgan fingerprint density at radius 2 is 2.09 bits per heavy atom. The Hall–Kier alpha value is -2.51. The van der Waals surface area contributed by atoms with Crippen LogP contribution in [0.25, 0.3) is 10.9 Å². The lowest BCUT2D eigenvalue weighted by atomic mass is 10.2. The van der Waals surface area contributed by atoms with Gasteiger partial charge in [0.1, 0.15) is 5.82 Å². The second-order valence-corrected chi connectivity index (χ2v) is 5.00.